The maximum Gasteiger partial charge on any atom is 0.253 e. The molecule has 1 fully saturated rings. The third-order valence-corrected chi connectivity index (χ3v) is 5.24. The Morgan fingerprint density at radius 2 is 1.22 bits per heavy atom. The summed E-state index contributed by atoms with van der Waals surface area (Å²) in [6.45, 7) is 6.31. The van der Waals surface area contributed by atoms with Crippen LogP contribution in [0.4, 0.5) is 5.69 Å². The summed E-state index contributed by atoms with van der Waals surface area (Å²) in [6, 6.07) is 13.4. The Morgan fingerprint density at radius 3 is 1.70 bits per heavy atom. The van der Waals surface area contributed by atoms with E-state index in [0.717, 1.165) is 16.8 Å². The topological polar surface area (TPSA) is 43.9 Å². The van der Waals surface area contributed by atoms with Crippen LogP contribution >= 0.6 is 0 Å². The van der Waals surface area contributed by atoms with Gasteiger partial charge in [-0.05, 0) is 61.4 Å². The zero-order chi connectivity index (χ0) is 19.6. The summed E-state index contributed by atoms with van der Waals surface area (Å²) in [7, 11) is 3.95. The first-order valence-electron chi connectivity index (χ1n) is 9.30. The lowest BCUT2D eigenvalue weighted by atomic mass is 10.1. The second-order valence-electron chi connectivity index (χ2n) is 7.32. The molecule has 2 aromatic rings. The molecule has 1 aliphatic heterocycles. The van der Waals surface area contributed by atoms with Gasteiger partial charge < -0.3 is 14.7 Å². The van der Waals surface area contributed by atoms with Crippen molar-refractivity contribution in [2.75, 3.05) is 45.2 Å². The number of hydrogen-bond donors (Lipinski definition) is 0. The molecule has 1 aliphatic rings. The fourth-order valence-electron chi connectivity index (χ4n) is 3.25. The number of amides is 2. The molecule has 0 spiro atoms. The van der Waals surface area contributed by atoms with Gasteiger partial charge in [0.25, 0.3) is 11.8 Å². The molecule has 0 atom stereocenters. The van der Waals surface area contributed by atoms with Gasteiger partial charge in [-0.15, -0.1) is 0 Å². The molecule has 5 nitrogen and oxygen atoms in total. The highest BCUT2D eigenvalue weighted by molar-refractivity contribution is 5.96. The van der Waals surface area contributed by atoms with Gasteiger partial charge in [-0.1, -0.05) is 6.07 Å². The standard InChI is InChI=1S/C22H27N3O2/c1-16-5-6-19(15-17(16)2)22(27)25-13-11-24(12-14-25)21(26)18-7-9-20(10-8-18)23(3)4/h5-10,15H,11-14H2,1-4H3. The van der Waals surface area contributed by atoms with E-state index in [0.29, 0.717) is 31.7 Å². The highest BCUT2D eigenvalue weighted by Crippen LogP contribution is 2.17. The number of carbonyl (C=O) groups excluding carboxylic acids is 2. The van der Waals surface area contributed by atoms with Crippen LogP contribution in [0, 0.1) is 13.8 Å². The third-order valence-electron chi connectivity index (χ3n) is 5.24. The molecule has 3 rings (SSSR count). The zero-order valence-electron chi connectivity index (χ0n) is 16.5. The van der Waals surface area contributed by atoms with Gasteiger partial charge in [-0.25, -0.2) is 0 Å². The van der Waals surface area contributed by atoms with Crippen LogP contribution in [0.2, 0.25) is 0 Å². The SMILES string of the molecule is Cc1ccc(C(=O)N2CCN(C(=O)c3ccc(N(C)C)cc3)CC2)cc1C. The van der Waals surface area contributed by atoms with E-state index in [-0.39, 0.29) is 11.8 Å². The quantitative estimate of drug-likeness (QED) is 0.840. The van der Waals surface area contributed by atoms with Crippen molar-refractivity contribution in [3.63, 3.8) is 0 Å². The molecule has 0 radical (unpaired) electrons. The van der Waals surface area contributed by atoms with Crippen LogP contribution in [0.5, 0.6) is 0 Å². The highest BCUT2D eigenvalue weighted by Gasteiger charge is 2.25. The molecule has 2 amide bonds. The summed E-state index contributed by atoms with van der Waals surface area (Å²) in [5.74, 6) is 0.0686. The highest BCUT2D eigenvalue weighted by atomic mass is 16.2. The Hall–Kier alpha value is -2.82. The van der Waals surface area contributed by atoms with Gasteiger partial charge in [0.1, 0.15) is 0 Å². The van der Waals surface area contributed by atoms with E-state index in [4.69, 9.17) is 0 Å². The number of nitrogens with zero attached hydrogens (tertiary/aromatic N) is 3. The maximum absolute atomic E-state index is 12.7. The van der Waals surface area contributed by atoms with Gasteiger partial charge >= 0.3 is 0 Å². The Morgan fingerprint density at radius 1 is 0.741 bits per heavy atom. The van der Waals surface area contributed by atoms with Gasteiger partial charge in [0.15, 0.2) is 0 Å². The molecule has 142 valence electrons. The zero-order valence-corrected chi connectivity index (χ0v) is 16.5. The molecule has 0 N–H and O–H groups in total. The number of hydrogen-bond acceptors (Lipinski definition) is 3. The minimum atomic E-state index is 0.0265. The van der Waals surface area contributed by atoms with Crippen molar-refractivity contribution in [3.8, 4) is 0 Å². The van der Waals surface area contributed by atoms with Crippen molar-refractivity contribution in [1.82, 2.24) is 9.80 Å². The van der Waals surface area contributed by atoms with Crippen molar-refractivity contribution < 1.29 is 9.59 Å². The van der Waals surface area contributed by atoms with Crippen LogP contribution < -0.4 is 4.90 Å². The summed E-state index contributed by atoms with van der Waals surface area (Å²) >= 11 is 0. The van der Waals surface area contributed by atoms with Crippen molar-refractivity contribution >= 4 is 17.5 Å². The van der Waals surface area contributed by atoms with Gasteiger partial charge in [0.05, 0.1) is 0 Å². The Bertz CT molecular complexity index is 835. The lowest BCUT2D eigenvalue weighted by Crippen LogP contribution is -2.50. The number of anilines is 1. The van der Waals surface area contributed by atoms with E-state index in [1.54, 1.807) is 0 Å². The van der Waals surface area contributed by atoms with Crippen LogP contribution in [0.15, 0.2) is 42.5 Å². The largest absolute Gasteiger partial charge is 0.378 e. The minimum Gasteiger partial charge on any atom is -0.378 e. The third kappa shape index (κ3) is 4.13. The van der Waals surface area contributed by atoms with Crippen molar-refractivity contribution in [1.29, 1.82) is 0 Å². The normalized spacial score (nSPS) is 14.2. The summed E-state index contributed by atoms with van der Waals surface area (Å²) in [5, 5.41) is 0. The summed E-state index contributed by atoms with van der Waals surface area (Å²) in [4.78, 5) is 31.1. The van der Waals surface area contributed by atoms with E-state index in [1.807, 2.05) is 85.1 Å². The summed E-state index contributed by atoms with van der Waals surface area (Å²) in [6.07, 6.45) is 0. The van der Waals surface area contributed by atoms with Crippen molar-refractivity contribution in [2.24, 2.45) is 0 Å². The second kappa shape index (κ2) is 7.82. The molecule has 0 aromatic heterocycles. The summed E-state index contributed by atoms with van der Waals surface area (Å²) in [5.41, 5.74) is 4.78. The first kappa shape index (κ1) is 19.0. The molecule has 27 heavy (non-hydrogen) atoms. The Labute approximate surface area is 161 Å². The van der Waals surface area contributed by atoms with Crippen LogP contribution in [-0.2, 0) is 0 Å². The Kier molecular flexibility index (Phi) is 5.49. The van der Waals surface area contributed by atoms with Gasteiger partial charge in [0, 0.05) is 57.1 Å². The van der Waals surface area contributed by atoms with Crippen molar-refractivity contribution in [2.45, 2.75) is 13.8 Å². The Balaban J connectivity index is 1.61. The average molecular weight is 365 g/mol. The predicted octanol–water partition coefficient (Wildman–Crippen LogP) is 2.97. The average Bonchev–Trinajstić information content (AvgIpc) is 2.69. The van der Waals surface area contributed by atoms with Crippen LogP contribution in [0.25, 0.3) is 0 Å². The van der Waals surface area contributed by atoms with Crippen molar-refractivity contribution in [3.05, 3.63) is 64.7 Å². The molecular formula is C22H27N3O2. The van der Waals surface area contributed by atoms with E-state index < -0.39 is 0 Å². The first-order valence-corrected chi connectivity index (χ1v) is 9.30. The molecule has 2 aromatic carbocycles. The molecular weight excluding hydrogens is 338 g/mol. The van der Waals surface area contributed by atoms with E-state index in [1.165, 1.54) is 5.56 Å². The van der Waals surface area contributed by atoms with Crippen LogP contribution in [0.1, 0.15) is 31.8 Å². The number of rotatable bonds is 3. The minimum absolute atomic E-state index is 0.0265. The number of benzene rings is 2. The molecule has 0 bridgehead atoms. The smallest absolute Gasteiger partial charge is 0.253 e. The summed E-state index contributed by atoms with van der Waals surface area (Å²) < 4.78 is 0. The van der Waals surface area contributed by atoms with Crippen LogP contribution in [0.3, 0.4) is 0 Å². The van der Waals surface area contributed by atoms with Gasteiger partial charge in [-0.3, -0.25) is 9.59 Å². The van der Waals surface area contributed by atoms with Gasteiger partial charge in [-0.2, -0.15) is 0 Å². The monoisotopic (exact) mass is 365 g/mol. The molecule has 0 unspecified atom stereocenters. The lowest BCUT2D eigenvalue weighted by molar-refractivity contribution is 0.0535. The molecule has 0 aliphatic carbocycles. The number of piperazine rings is 1. The first-order chi connectivity index (χ1) is 12.9. The fourth-order valence-corrected chi connectivity index (χ4v) is 3.25. The maximum atomic E-state index is 12.7. The number of carbonyl (C=O) groups is 2. The fraction of sp³-hybridized carbons (Fsp3) is 0.364. The molecule has 5 heteroatoms. The predicted molar refractivity (Wildman–Crippen MR) is 108 cm³/mol. The van der Waals surface area contributed by atoms with E-state index >= 15 is 0 Å². The van der Waals surface area contributed by atoms with E-state index in [9.17, 15) is 9.59 Å². The van der Waals surface area contributed by atoms with Gasteiger partial charge in [0.2, 0.25) is 0 Å². The second-order valence-corrected chi connectivity index (χ2v) is 7.32. The van der Waals surface area contributed by atoms with E-state index in [2.05, 4.69) is 0 Å². The number of aryl methyl sites for hydroxylation is 2. The molecule has 0 saturated carbocycles. The van der Waals surface area contributed by atoms with Crippen LogP contribution in [-0.4, -0.2) is 61.9 Å². The molecule has 1 heterocycles. The molecule has 1 saturated heterocycles. The lowest BCUT2D eigenvalue weighted by Gasteiger charge is -2.35.